The van der Waals surface area contributed by atoms with Gasteiger partial charge in [0.15, 0.2) is 29.2 Å². The van der Waals surface area contributed by atoms with Gasteiger partial charge < -0.3 is 4.55 Å². The van der Waals surface area contributed by atoms with E-state index in [0.717, 1.165) is 11.1 Å². The summed E-state index contributed by atoms with van der Waals surface area (Å²) in [5, 5.41) is 0. The molecule has 1 aromatic heterocycles. The van der Waals surface area contributed by atoms with Gasteiger partial charge in [0.1, 0.15) is 0 Å². The lowest BCUT2D eigenvalue weighted by Crippen LogP contribution is -2.34. The molecule has 0 aliphatic carbocycles. The molecule has 0 saturated heterocycles. The van der Waals surface area contributed by atoms with Crippen LogP contribution in [0.5, 0.6) is 0 Å². The minimum absolute atomic E-state index is 0.0160. The van der Waals surface area contributed by atoms with Crippen LogP contribution in [0.1, 0.15) is 16.7 Å². The van der Waals surface area contributed by atoms with Gasteiger partial charge in [0, 0.05) is 29.6 Å². The Morgan fingerprint density at radius 3 is 2.38 bits per heavy atom. The standard InChI is InChI=1S/C14H15ClN2O3S/c15-8-12-3-5-13(6-4-12)10-17-7-1-2-14(11-17)9-16-21(18,19)20/h1-7,11,16H,8-10H2. The summed E-state index contributed by atoms with van der Waals surface area (Å²) >= 11 is 5.75. The molecule has 0 bridgehead atoms. The summed E-state index contributed by atoms with van der Waals surface area (Å²) in [5.41, 5.74) is 2.88. The molecule has 1 N–H and O–H groups in total. The number of rotatable bonds is 6. The lowest BCUT2D eigenvalue weighted by atomic mass is 10.1. The van der Waals surface area contributed by atoms with Crippen LogP contribution in [0.2, 0.25) is 0 Å². The minimum Gasteiger partial charge on any atom is -0.735 e. The van der Waals surface area contributed by atoms with Crippen molar-refractivity contribution >= 4 is 21.9 Å². The third kappa shape index (κ3) is 5.43. The number of halogens is 1. The molecular weight excluding hydrogens is 312 g/mol. The van der Waals surface area contributed by atoms with Crippen LogP contribution in [0.4, 0.5) is 0 Å². The van der Waals surface area contributed by atoms with E-state index in [9.17, 15) is 13.0 Å². The van der Waals surface area contributed by atoms with Crippen LogP contribution in [0.3, 0.4) is 0 Å². The predicted molar refractivity (Wildman–Crippen MR) is 78.3 cm³/mol. The molecule has 5 nitrogen and oxygen atoms in total. The van der Waals surface area contributed by atoms with E-state index in [1.54, 1.807) is 12.3 Å². The Hall–Kier alpha value is -1.47. The Bertz CT molecular complexity index is 702. The minimum atomic E-state index is -4.42. The van der Waals surface area contributed by atoms with Crippen LogP contribution in [0.15, 0.2) is 48.8 Å². The van der Waals surface area contributed by atoms with Gasteiger partial charge in [0.05, 0.1) is 0 Å². The highest BCUT2D eigenvalue weighted by Crippen LogP contribution is 2.06. The van der Waals surface area contributed by atoms with Crippen LogP contribution in [0, 0.1) is 0 Å². The number of aromatic nitrogens is 1. The first-order chi connectivity index (χ1) is 9.96. The molecule has 0 saturated carbocycles. The Balaban J connectivity index is 2.06. The highest BCUT2D eigenvalue weighted by atomic mass is 35.5. The number of nitrogens with one attached hydrogen (secondary N) is 1. The van der Waals surface area contributed by atoms with Crippen molar-refractivity contribution in [3.05, 3.63) is 65.5 Å². The first kappa shape index (κ1) is 15.9. The Morgan fingerprint density at radius 2 is 1.76 bits per heavy atom. The molecule has 0 atom stereocenters. The van der Waals surface area contributed by atoms with E-state index < -0.39 is 10.3 Å². The predicted octanol–water partition coefficient (Wildman–Crippen LogP) is 1.31. The topological polar surface area (TPSA) is 73.1 Å². The summed E-state index contributed by atoms with van der Waals surface area (Å²) in [6.07, 6.45) is 3.68. The maximum absolute atomic E-state index is 10.6. The zero-order chi connectivity index (χ0) is 15.3. The lowest BCUT2D eigenvalue weighted by Gasteiger charge is -2.08. The molecule has 0 aliphatic heterocycles. The fourth-order valence-electron chi connectivity index (χ4n) is 1.90. The van der Waals surface area contributed by atoms with Crippen molar-refractivity contribution in [2.24, 2.45) is 0 Å². The first-order valence-corrected chi connectivity index (χ1v) is 8.23. The quantitative estimate of drug-likeness (QED) is 0.494. The summed E-state index contributed by atoms with van der Waals surface area (Å²) in [6.45, 7) is 0.637. The van der Waals surface area contributed by atoms with Crippen molar-refractivity contribution in [1.82, 2.24) is 4.72 Å². The van der Waals surface area contributed by atoms with Crippen molar-refractivity contribution in [2.45, 2.75) is 19.0 Å². The molecule has 0 unspecified atom stereocenters. The number of benzene rings is 1. The number of hydrogen-bond acceptors (Lipinski definition) is 3. The zero-order valence-corrected chi connectivity index (χ0v) is 12.8. The summed E-state index contributed by atoms with van der Waals surface area (Å²) in [4.78, 5) is 0. The molecule has 0 amide bonds. The summed E-state index contributed by atoms with van der Waals surface area (Å²) in [5.74, 6) is 0.484. The maximum Gasteiger partial charge on any atom is 0.173 e. The molecule has 1 aromatic carbocycles. The molecule has 21 heavy (non-hydrogen) atoms. The molecule has 112 valence electrons. The van der Waals surface area contributed by atoms with Gasteiger partial charge in [-0.1, -0.05) is 24.3 Å². The maximum atomic E-state index is 10.6. The van der Waals surface area contributed by atoms with Gasteiger partial charge in [0.2, 0.25) is 0 Å². The molecule has 7 heteroatoms. The average molecular weight is 327 g/mol. The van der Waals surface area contributed by atoms with Crippen LogP contribution >= 0.6 is 11.6 Å². The highest BCUT2D eigenvalue weighted by Gasteiger charge is 2.05. The van der Waals surface area contributed by atoms with Crippen molar-refractivity contribution in [3.8, 4) is 0 Å². The normalized spacial score (nSPS) is 11.5. The second-order valence-electron chi connectivity index (χ2n) is 4.61. The van der Waals surface area contributed by atoms with E-state index in [1.807, 2.05) is 45.8 Å². The second kappa shape index (κ2) is 7.00. The molecule has 2 rings (SSSR count). The summed E-state index contributed by atoms with van der Waals surface area (Å²) in [6, 6.07) is 11.5. The Kier molecular flexibility index (Phi) is 5.30. The monoisotopic (exact) mass is 326 g/mol. The van der Waals surface area contributed by atoms with E-state index in [1.165, 1.54) is 0 Å². The molecule has 1 heterocycles. The zero-order valence-electron chi connectivity index (χ0n) is 11.2. The molecule has 0 aliphatic rings. The fraction of sp³-hybridized carbons (Fsp3) is 0.214. The van der Waals surface area contributed by atoms with E-state index in [4.69, 9.17) is 11.6 Å². The van der Waals surface area contributed by atoms with E-state index in [0.29, 0.717) is 18.0 Å². The Morgan fingerprint density at radius 1 is 1.10 bits per heavy atom. The van der Waals surface area contributed by atoms with Gasteiger partial charge in [-0.2, -0.15) is 0 Å². The van der Waals surface area contributed by atoms with Gasteiger partial charge in [-0.3, -0.25) is 0 Å². The second-order valence-corrected chi connectivity index (χ2v) is 6.07. The van der Waals surface area contributed by atoms with Crippen molar-refractivity contribution < 1.29 is 17.5 Å². The van der Waals surface area contributed by atoms with Gasteiger partial charge in [-0.25, -0.2) is 17.7 Å². The number of hydrogen-bond donors (Lipinski definition) is 1. The SMILES string of the molecule is O=S(=O)([O-])NCc1ccc[n+](Cc2ccc(CCl)cc2)c1. The molecule has 0 fully saturated rings. The fourth-order valence-corrected chi connectivity index (χ4v) is 2.42. The summed E-state index contributed by atoms with van der Waals surface area (Å²) in [7, 11) is -4.42. The molecule has 2 aromatic rings. The van der Waals surface area contributed by atoms with Gasteiger partial charge in [-0.05, 0) is 11.6 Å². The third-order valence-electron chi connectivity index (χ3n) is 2.91. The largest absolute Gasteiger partial charge is 0.735 e. The Labute approximate surface area is 129 Å². The number of alkyl halides is 1. The molecular formula is C14H15ClN2O3S. The number of nitrogens with zero attached hydrogens (tertiary/aromatic N) is 1. The lowest BCUT2D eigenvalue weighted by molar-refractivity contribution is -0.688. The van der Waals surface area contributed by atoms with Crippen LogP contribution < -0.4 is 9.29 Å². The van der Waals surface area contributed by atoms with Crippen LogP contribution in [-0.4, -0.2) is 13.0 Å². The van der Waals surface area contributed by atoms with Gasteiger partial charge in [0.25, 0.3) is 0 Å². The van der Waals surface area contributed by atoms with Gasteiger partial charge in [-0.15, -0.1) is 11.6 Å². The van der Waals surface area contributed by atoms with Crippen molar-refractivity contribution in [1.29, 1.82) is 0 Å². The number of pyridine rings is 1. The summed E-state index contributed by atoms with van der Waals surface area (Å²) < 4.78 is 35.5. The smallest absolute Gasteiger partial charge is 0.173 e. The van der Waals surface area contributed by atoms with Crippen LogP contribution in [-0.2, 0) is 29.3 Å². The first-order valence-electron chi connectivity index (χ1n) is 6.28. The van der Waals surface area contributed by atoms with E-state index in [2.05, 4.69) is 0 Å². The van der Waals surface area contributed by atoms with E-state index in [-0.39, 0.29) is 6.54 Å². The van der Waals surface area contributed by atoms with E-state index >= 15 is 0 Å². The molecule has 0 radical (unpaired) electrons. The average Bonchev–Trinajstić information content (AvgIpc) is 2.46. The van der Waals surface area contributed by atoms with Crippen molar-refractivity contribution in [2.75, 3.05) is 0 Å². The van der Waals surface area contributed by atoms with Crippen LogP contribution in [0.25, 0.3) is 0 Å². The molecule has 0 spiro atoms. The van der Waals surface area contributed by atoms with Crippen molar-refractivity contribution in [3.63, 3.8) is 0 Å². The third-order valence-corrected chi connectivity index (χ3v) is 3.72. The highest BCUT2D eigenvalue weighted by molar-refractivity contribution is 7.83. The van der Waals surface area contributed by atoms with Gasteiger partial charge >= 0.3 is 0 Å².